The molecule has 26 heavy (non-hydrogen) atoms. The molecule has 0 amide bonds. The molecule has 0 radical (unpaired) electrons. The summed E-state index contributed by atoms with van der Waals surface area (Å²) in [5.74, 6) is 6.52. The summed E-state index contributed by atoms with van der Waals surface area (Å²) in [4.78, 5) is 0. The van der Waals surface area contributed by atoms with Gasteiger partial charge in [-0.25, -0.2) is 0 Å². The van der Waals surface area contributed by atoms with Gasteiger partial charge in [0.05, 0.1) is 5.75 Å². The zero-order chi connectivity index (χ0) is 19.1. The van der Waals surface area contributed by atoms with E-state index in [0.717, 1.165) is 44.9 Å². The van der Waals surface area contributed by atoms with Crippen LogP contribution in [0.4, 0.5) is 0 Å². The van der Waals surface area contributed by atoms with Gasteiger partial charge in [-0.2, -0.15) is 8.42 Å². The molecule has 0 heterocycles. The first kappa shape index (κ1) is 23.5. The summed E-state index contributed by atoms with van der Waals surface area (Å²) < 4.78 is 29.8. The van der Waals surface area contributed by atoms with Crippen LogP contribution in [0.5, 0.6) is 0 Å². The third-order valence-corrected chi connectivity index (χ3v) is 6.10. The van der Waals surface area contributed by atoms with Crippen LogP contribution >= 0.6 is 0 Å². The minimum Gasteiger partial charge on any atom is -0.380 e. The predicted molar refractivity (Wildman–Crippen MR) is 108 cm³/mol. The second-order valence-corrected chi connectivity index (χ2v) is 9.31. The Morgan fingerprint density at radius 3 is 1.85 bits per heavy atom. The molecule has 1 saturated carbocycles. The Bertz CT molecular complexity index is 498. The fourth-order valence-electron chi connectivity index (χ4n) is 3.66. The van der Waals surface area contributed by atoms with Crippen LogP contribution in [0.25, 0.3) is 0 Å². The van der Waals surface area contributed by atoms with Gasteiger partial charge in [0.2, 0.25) is 0 Å². The lowest BCUT2D eigenvalue weighted by molar-refractivity contribution is 0.133. The number of hydrogen-bond acceptors (Lipinski definition) is 3. The molecule has 1 aliphatic carbocycles. The van der Waals surface area contributed by atoms with Crippen molar-refractivity contribution in [1.29, 1.82) is 0 Å². The Labute approximate surface area is 160 Å². The van der Waals surface area contributed by atoms with Gasteiger partial charge in [0.15, 0.2) is 0 Å². The zero-order valence-corrected chi connectivity index (χ0v) is 17.1. The highest BCUT2D eigenvalue weighted by molar-refractivity contribution is 7.85. The molecular weight excluding hydrogens is 348 g/mol. The van der Waals surface area contributed by atoms with Crippen molar-refractivity contribution in [3.05, 3.63) is 0 Å². The van der Waals surface area contributed by atoms with Crippen molar-refractivity contribution >= 4 is 10.1 Å². The number of rotatable bonds is 13. The summed E-state index contributed by atoms with van der Waals surface area (Å²) in [7, 11) is -3.77. The fourth-order valence-corrected chi connectivity index (χ4v) is 4.23. The lowest BCUT2D eigenvalue weighted by atomic mass is 9.85. The molecule has 152 valence electrons. The first-order chi connectivity index (χ1) is 12.5. The van der Waals surface area contributed by atoms with Crippen LogP contribution in [0.1, 0.15) is 103 Å². The molecule has 2 N–H and O–H groups in total. The average molecular weight is 387 g/mol. The molecule has 0 bridgehead atoms. The van der Waals surface area contributed by atoms with E-state index in [2.05, 4.69) is 11.8 Å². The van der Waals surface area contributed by atoms with Gasteiger partial charge < -0.3 is 5.11 Å². The van der Waals surface area contributed by atoms with Crippen LogP contribution in [0.15, 0.2) is 0 Å². The Balaban J connectivity index is 1.84. The van der Waals surface area contributed by atoms with E-state index in [9.17, 15) is 13.5 Å². The molecular formula is C21H38O4S. The Morgan fingerprint density at radius 1 is 0.808 bits per heavy atom. The standard InChI is InChI=1S/C21H38O4S/c22-21(20-16-12-11-13-17-20)18-14-9-7-5-3-1-2-4-6-8-10-15-19-26(23,24)25/h20-22H,1-13,15-17,19H2,(H,23,24,25)/t21-/m1/s1. The monoisotopic (exact) mass is 386 g/mol. The van der Waals surface area contributed by atoms with Crippen LogP contribution in [-0.2, 0) is 10.1 Å². The first-order valence-corrected chi connectivity index (χ1v) is 12.2. The molecule has 0 aliphatic heterocycles. The fraction of sp³-hybridized carbons (Fsp3) is 0.905. The van der Waals surface area contributed by atoms with Crippen LogP contribution in [-0.4, -0.2) is 29.9 Å². The molecule has 0 spiro atoms. The summed E-state index contributed by atoms with van der Waals surface area (Å²) in [6, 6.07) is 0. The third-order valence-electron chi connectivity index (χ3n) is 5.30. The average Bonchev–Trinajstić information content (AvgIpc) is 2.61. The van der Waals surface area contributed by atoms with Crippen LogP contribution < -0.4 is 0 Å². The highest BCUT2D eigenvalue weighted by Gasteiger charge is 2.19. The van der Waals surface area contributed by atoms with Crippen molar-refractivity contribution in [2.75, 3.05) is 5.75 Å². The maximum Gasteiger partial charge on any atom is 0.264 e. The topological polar surface area (TPSA) is 74.6 Å². The van der Waals surface area contributed by atoms with E-state index < -0.39 is 16.2 Å². The van der Waals surface area contributed by atoms with Crippen LogP contribution in [0.2, 0.25) is 0 Å². The lowest BCUT2D eigenvalue weighted by Crippen LogP contribution is -2.21. The van der Waals surface area contributed by atoms with Gasteiger partial charge in [-0.3, -0.25) is 4.55 Å². The van der Waals surface area contributed by atoms with Crippen molar-refractivity contribution in [2.24, 2.45) is 5.92 Å². The summed E-state index contributed by atoms with van der Waals surface area (Å²) in [5.41, 5.74) is 0. The van der Waals surface area contributed by atoms with Crippen molar-refractivity contribution in [2.45, 2.75) is 109 Å². The third kappa shape index (κ3) is 13.6. The molecule has 0 unspecified atom stereocenters. The quantitative estimate of drug-likeness (QED) is 0.262. The second kappa shape index (κ2) is 14.5. The number of hydrogen-bond donors (Lipinski definition) is 2. The van der Waals surface area contributed by atoms with E-state index in [1.165, 1.54) is 51.4 Å². The van der Waals surface area contributed by atoms with E-state index in [4.69, 9.17) is 4.55 Å². The summed E-state index contributed by atoms with van der Waals surface area (Å²) >= 11 is 0. The summed E-state index contributed by atoms with van der Waals surface area (Å²) in [5, 5.41) is 10.1. The minimum atomic E-state index is -3.77. The zero-order valence-electron chi connectivity index (χ0n) is 16.3. The summed E-state index contributed by atoms with van der Waals surface area (Å²) in [6.07, 6.45) is 17.5. The van der Waals surface area contributed by atoms with E-state index in [1.807, 2.05) is 0 Å². The van der Waals surface area contributed by atoms with Gasteiger partial charge in [0.25, 0.3) is 10.1 Å². The molecule has 1 aliphatic rings. The van der Waals surface area contributed by atoms with E-state index in [0.29, 0.717) is 12.3 Å². The van der Waals surface area contributed by atoms with E-state index in [-0.39, 0.29) is 5.75 Å². The molecule has 1 rings (SSSR count). The van der Waals surface area contributed by atoms with Crippen molar-refractivity contribution in [1.82, 2.24) is 0 Å². The highest BCUT2D eigenvalue weighted by Crippen LogP contribution is 2.26. The summed E-state index contributed by atoms with van der Waals surface area (Å²) in [6.45, 7) is 0. The highest BCUT2D eigenvalue weighted by atomic mass is 32.2. The van der Waals surface area contributed by atoms with Gasteiger partial charge in [-0.15, -0.1) is 5.92 Å². The maximum absolute atomic E-state index is 10.6. The molecule has 4 nitrogen and oxygen atoms in total. The molecule has 1 fully saturated rings. The van der Waals surface area contributed by atoms with Crippen molar-refractivity contribution in [3.8, 4) is 11.8 Å². The Morgan fingerprint density at radius 2 is 1.31 bits per heavy atom. The van der Waals surface area contributed by atoms with Crippen molar-refractivity contribution < 1.29 is 18.1 Å². The number of aliphatic hydroxyl groups is 1. The molecule has 0 aromatic rings. The minimum absolute atomic E-state index is 0.104. The SMILES string of the molecule is O=S(=O)(O)CCCCCCCCCCCCC#C[C@@H](O)C1CCCCC1. The molecule has 0 saturated heterocycles. The van der Waals surface area contributed by atoms with Gasteiger partial charge in [-0.05, 0) is 31.6 Å². The van der Waals surface area contributed by atoms with E-state index in [1.54, 1.807) is 0 Å². The van der Waals surface area contributed by atoms with Crippen molar-refractivity contribution in [3.63, 3.8) is 0 Å². The molecule has 0 aromatic carbocycles. The molecule has 1 atom stereocenters. The van der Waals surface area contributed by atoms with Crippen LogP contribution in [0, 0.1) is 17.8 Å². The Hall–Kier alpha value is -0.570. The van der Waals surface area contributed by atoms with E-state index >= 15 is 0 Å². The van der Waals surface area contributed by atoms with Gasteiger partial charge in [0.1, 0.15) is 6.10 Å². The predicted octanol–water partition coefficient (Wildman–Crippen LogP) is 5.11. The normalized spacial score (nSPS) is 16.8. The lowest BCUT2D eigenvalue weighted by Gasteiger charge is -2.23. The number of aliphatic hydroxyl groups excluding tert-OH is 1. The maximum atomic E-state index is 10.6. The van der Waals surface area contributed by atoms with Gasteiger partial charge in [0, 0.05) is 6.42 Å². The van der Waals surface area contributed by atoms with Crippen LogP contribution in [0.3, 0.4) is 0 Å². The molecule has 0 aromatic heterocycles. The Kier molecular flexibility index (Phi) is 13.1. The largest absolute Gasteiger partial charge is 0.380 e. The molecule has 5 heteroatoms. The smallest absolute Gasteiger partial charge is 0.264 e. The second-order valence-electron chi connectivity index (χ2n) is 7.74. The van der Waals surface area contributed by atoms with Gasteiger partial charge >= 0.3 is 0 Å². The first-order valence-electron chi connectivity index (χ1n) is 10.6. The number of unbranched alkanes of at least 4 members (excludes halogenated alkanes) is 10. The van der Waals surface area contributed by atoms with Gasteiger partial charge in [-0.1, -0.05) is 76.5 Å².